The van der Waals surface area contributed by atoms with Crippen LogP contribution >= 0.6 is 12.2 Å². The second-order valence-corrected chi connectivity index (χ2v) is 5.45. The standard InChI is InChI=1S/C17H17NS/c1-18-12-11-14(13-7-3-2-4-8-13)15-9-5-6-10-16(15)17(18)19/h2-10,14H,11-12H2,1H3/t14-/m1/s1. The summed E-state index contributed by atoms with van der Waals surface area (Å²) in [5.41, 5.74) is 3.96. The van der Waals surface area contributed by atoms with E-state index in [9.17, 15) is 0 Å². The van der Waals surface area contributed by atoms with Gasteiger partial charge in [-0.2, -0.15) is 0 Å². The highest BCUT2D eigenvalue weighted by Crippen LogP contribution is 2.33. The van der Waals surface area contributed by atoms with Crippen LogP contribution in [-0.2, 0) is 0 Å². The van der Waals surface area contributed by atoms with Crippen molar-refractivity contribution in [3.05, 3.63) is 71.3 Å². The Hall–Kier alpha value is -1.67. The first-order valence-electron chi connectivity index (χ1n) is 6.66. The van der Waals surface area contributed by atoms with Gasteiger partial charge in [0, 0.05) is 25.1 Å². The van der Waals surface area contributed by atoms with Gasteiger partial charge in [-0.25, -0.2) is 0 Å². The van der Waals surface area contributed by atoms with E-state index in [1.807, 2.05) is 0 Å². The number of nitrogens with zero attached hydrogens (tertiary/aromatic N) is 1. The Morgan fingerprint density at radius 2 is 1.68 bits per heavy atom. The van der Waals surface area contributed by atoms with Gasteiger partial charge >= 0.3 is 0 Å². The third kappa shape index (κ3) is 2.28. The van der Waals surface area contributed by atoms with Crippen LogP contribution in [-0.4, -0.2) is 23.5 Å². The Kier molecular flexibility index (Phi) is 3.34. The molecule has 0 unspecified atom stereocenters. The van der Waals surface area contributed by atoms with Crippen molar-refractivity contribution in [1.29, 1.82) is 0 Å². The van der Waals surface area contributed by atoms with E-state index in [0.717, 1.165) is 18.0 Å². The average molecular weight is 267 g/mol. The molecule has 96 valence electrons. The SMILES string of the molecule is CN1CC[C@H](c2ccccc2)c2ccccc2C1=S. The maximum atomic E-state index is 5.60. The summed E-state index contributed by atoms with van der Waals surface area (Å²) in [6, 6.07) is 19.3. The summed E-state index contributed by atoms with van der Waals surface area (Å²) in [5.74, 6) is 0.445. The predicted octanol–water partition coefficient (Wildman–Crippen LogP) is 3.83. The molecule has 0 aromatic heterocycles. The second-order valence-electron chi connectivity index (χ2n) is 5.07. The monoisotopic (exact) mass is 267 g/mol. The van der Waals surface area contributed by atoms with Crippen LogP contribution in [0.5, 0.6) is 0 Å². The molecule has 0 fully saturated rings. The Morgan fingerprint density at radius 3 is 2.47 bits per heavy atom. The summed E-state index contributed by atoms with van der Waals surface area (Å²) in [5, 5.41) is 0. The van der Waals surface area contributed by atoms with Crippen molar-refractivity contribution in [3.8, 4) is 0 Å². The van der Waals surface area contributed by atoms with Crippen molar-refractivity contribution in [3.63, 3.8) is 0 Å². The van der Waals surface area contributed by atoms with Crippen LogP contribution in [0.2, 0.25) is 0 Å². The molecule has 1 aliphatic rings. The Labute approximate surface area is 119 Å². The molecule has 1 heterocycles. The highest BCUT2D eigenvalue weighted by atomic mass is 32.1. The molecule has 0 saturated carbocycles. The fourth-order valence-electron chi connectivity index (χ4n) is 2.81. The van der Waals surface area contributed by atoms with E-state index in [2.05, 4.69) is 66.5 Å². The number of hydrogen-bond donors (Lipinski definition) is 0. The number of fused-ring (bicyclic) bond motifs is 1. The molecule has 1 aliphatic heterocycles. The minimum atomic E-state index is 0.445. The predicted molar refractivity (Wildman–Crippen MR) is 83.7 cm³/mol. The molecule has 3 rings (SSSR count). The lowest BCUT2D eigenvalue weighted by Crippen LogP contribution is -2.25. The van der Waals surface area contributed by atoms with Gasteiger partial charge in [0.2, 0.25) is 0 Å². The molecule has 0 saturated heterocycles. The van der Waals surface area contributed by atoms with Gasteiger partial charge in [-0.3, -0.25) is 0 Å². The first kappa shape index (κ1) is 12.4. The third-order valence-corrected chi connectivity index (χ3v) is 4.40. The number of thiocarbonyl (C=S) groups is 1. The molecule has 19 heavy (non-hydrogen) atoms. The van der Waals surface area contributed by atoms with E-state index in [-0.39, 0.29) is 0 Å². The maximum absolute atomic E-state index is 5.60. The zero-order valence-corrected chi connectivity index (χ0v) is 11.9. The summed E-state index contributed by atoms with van der Waals surface area (Å²) >= 11 is 5.60. The second kappa shape index (κ2) is 5.14. The number of rotatable bonds is 1. The fraction of sp³-hybridized carbons (Fsp3) is 0.235. The molecular weight excluding hydrogens is 250 g/mol. The Morgan fingerprint density at radius 1 is 1.00 bits per heavy atom. The summed E-state index contributed by atoms with van der Waals surface area (Å²) in [7, 11) is 2.09. The molecule has 1 nitrogen and oxygen atoms in total. The zero-order valence-electron chi connectivity index (χ0n) is 11.0. The normalized spacial score (nSPS) is 18.9. The summed E-state index contributed by atoms with van der Waals surface area (Å²) in [6.07, 6.45) is 1.11. The summed E-state index contributed by atoms with van der Waals surface area (Å²) < 4.78 is 0. The smallest absolute Gasteiger partial charge is 0.109 e. The van der Waals surface area contributed by atoms with Crippen LogP contribution in [0, 0.1) is 0 Å². The van der Waals surface area contributed by atoms with Gasteiger partial charge in [-0.15, -0.1) is 0 Å². The van der Waals surface area contributed by atoms with E-state index >= 15 is 0 Å². The molecule has 2 aromatic rings. The Bertz CT molecular complexity index is 591. The molecule has 0 bridgehead atoms. The van der Waals surface area contributed by atoms with Crippen LogP contribution in [0.15, 0.2) is 54.6 Å². The first-order chi connectivity index (χ1) is 9.27. The summed E-state index contributed by atoms with van der Waals surface area (Å²) in [6.45, 7) is 1.01. The van der Waals surface area contributed by atoms with Crippen molar-refractivity contribution in [2.24, 2.45) is 0 Å². The van der Waals surface area contributed by atoms with Gasteiger partial charge < -0.3 is 4.90 Å². The molecule has 1 atom stereocenters. The quantitative estimate of drug-likeness (QED) is 0.722. The van der Waals surface area contributed by atoms with Crippen LogP contribution in [0.4, 0.5) is 0 Å². The largest absolute Gasteiger partial charge is 0.365 e. The molecule has 0 aliphatic carbocycles. The van der Waals surface area contributed by atoms with E-state index in [4.69, 9.17) is 12.2 Å². The van der Waals surface area contributed by atoms with Crippen LogP contribution in [0.3, 0.4) is 0 Å². The maximum Gasteiger partial charge on any atom is 0.109 e. The summed E-state index contributed by atoms with van der Waals surface area (Å²) in [4.78, 5) is 3.16. The number of hydrogen-bond acceptors (Lipinski definition) is 1. The van der Waals surface area contributed by atoms with E-state index in [0.29, 0.717) is 5.92 Å². The van der Waals surface area contributed by atoms with Crippen molar-refractivity contribution >= 4 is 17.2 Å². The fourth-order valence-corrected chi connectivity index (χ4v) is 3.09. The zero-order chi connectivity index (χ0) is 13.2. The molecule has 0 radical (unpaired) electrons. The molecule has 2 aromatic carbocycles. The van der Waals surface area contributed by atoms with Crippen LogP contribution in [0.25, 0.3) is 0 Å². The van der Waals surface area contributed by atoms with Crippen LogP contribution < -0.4 is 0 Å². The molecule has 0 N–H and O–H groups in total. The minimum Gasteiger partial charge on any atom is -0.365 e. The lowest BCUT2D eigenvalue weighted by molar-refractivity contribution is 0.490. The van der Waals surface area contributed by atoms with E-state index < -0.39 is 0 Å². The van der Waals surface area contributed by atoms with Gasteiger partial charge in [0.25, 0.3) is 0 Å². The van der Waals surface area contributed by atoms with Crippen molar-refractivity contribution < 1.29 is 0 Å². The van der Waals surface area contributed by atoms with Gasteiger partial charge in [0.05, 0.1) is 0 Å². The average Bonchev–Trinajstić information content (AvgIpc) is 2.59. The first-order valence-corrected chi connectivity index (χ1v) is 7.07. The van der Waals surface area contributed by atoms with Crippen molar-refractivity contribution in [2.45, 2.75) is 12.3 Å². The Balaban J connectivity index is 2.12. The highest BCUT2D eigenvalue weighted by molar-refractivity contribution is 7.80. The molecule has 0 amide bonds. The van der Waals surface area contributed by atoms with Gasteiger partial charge in [0.15, 0.2) is 0 Å². The molecule has 0 spiro atoms. The molecular formula is C17H17NS. The van der Waals surface area contributed by atoms with Crippen LogP contribution in [0.1, 0.15) is 29.0 Å². The topological polar surface area (TPSA) is 3.24 Å². The highest BCUT2D eigenvalue weighted by Gasteiger charge is 2.24. The lowest BCUT2D eigenvalue weighted by Gasteiger charge is -2.17. The van der Waals surface area contributed by atoms with Crippen molar-refractivity contribution in [1.82, 2.24) is 4.90 Å². The minimum absolute atomic E-state index is 0.445. The molecule has 2 heteroatoms. The van der Waals surface area contributed by atoms with Gasteiger partial charge in [0.1, 0.15) is 4.99 Å². The number of benzene rings is 2. The van der Waals surface area contributed by atoms with E-state index in [1.165, 1.54) is 16.7 Å². The van der Waals surface area contributed by atoms with Gasteiger partial charge in [-0.1, -0.05) is 66.8 Å². The lowest BCUT2D eigenvalue weighted by atomic mass is 9.87. The third-order valence-electron chi connectivity index (χ3n) is 3.87. The van der Waals surface area contributed by atoms with Crippen molar-refractivity contribution in [2.75, 3.05) is 13.6 Å². The van der Waals surface area contributed by atoms with E-state index in [1.54, 1.807) is 0 Å². The van der Waals surface area contributed by atoms with Gasteiger partial charge in [-0.05, 0) is 17.5 Å².